The standard InChI is InChI=1S/C25H21N3O3S/c29-23(16-9-10-16)26-18-11-13-19(14-12-18)27-24(30)20-6-2-1-5-17(20)15-32-25-28-21-7-3-4-8-22(21)31-25/h1-8,11-14,16H,9-10,15H2,(H,26,29)(H,27,30). The highest BCUT2D eigenvalue weighted by Crippen LogP contribution is 2.30. The maximum Gasteiger partial charge on any atom is 0.257 e. The molecule has 32 heavy (non-hydrogen) atoms. The smallest absolute Gasteiger partial charge is 0.257 e. The second-order valence-corrected chi connectivity index (χ2v) is 8.61. The molecule has 0 radical (unpaired) electrons. The fourth-order valence-electron chi connectivity index (χ4n) is 3.35. The van der Waals surface area contributed by atoms with Crippen molar-refractivity contribution in [3.8, 4) is 0 Å². The van der Waals surface area contributed by atoms with E-state index >= 15 is 0 Å². The number of para-hydroxylation sites is 2. The number of carbonyl (C=O) groups is 2. The minimum Gasteiger partial charge on any atom is -0.431 e. The number of oxazole rings is 1. The van der Waals surface area contributed by atoms with Crippen LogP contribution >= 0.6 is 11.8 Å². The average molecular weight is 444 g/mol. The van der Waals surface area contributed by atoms with Crippen molar-refractivity contribution in [2.75, 3.05) is 10.6 Å². The van der Waals surface area contributed by atoms with Crippen LogP contribution in [0, 0.1) is 5.92 Å². The van der Waals surface area contributed by atoms with Crippen molar-refractivity contribution in [3.05, 3.63) is 83.9 Å². The molecular weight excluding hydrogens is 422 g/mol. The van der Waals surface area contributed by atoms with E-state index in [0.29, 0.717) is 22.2 Å². The number of hydrogen-bond acceptors (Lipinski definition) is 5. The normalized spacial score (nSPS) is 13.1. The van der Waals surface area contributed by atoms with Crippen molar-refractivity contribution < 1.29 is 14.0 Å². The van der Waals surface area contributed by atoms with E-state index in [2.05, 4.69) is 15.6 Å². The summed E-state index contributed by atoms with van der Waals surface area (Å²) in [4.78, 5) is 29.3. The molecule has 4 aromatic rings. The molecule has 2 N–H and O–H groups in total. The molecule has 7 heteroatoms. The van der Waals surface area contributed by atoms with Crippen molar-refractivity contribution in [2.24, 2.45) is 5.92 Å². The Morgan fingerprint density at radius 2 is 1.59 bits per heavy atom. The summed E-state index contributed by atoms with van der Waals surface area (Å²) in [6.07, 6.45) is 1.92. The van der Waals surface area contributed by atoms with E-state index in [1.807, 2.05) is 48.5 Å². The van der Waals surface area contributed by atoms with Gasteiger partial charge in [-0.2, -0.15) is 0 Å². The summed E-state index contributed by atoms with van der Waals surface area (Å²) in [5.41, 5.74) is 4.46. The van der Waals surface area contributed by atoms with Gasteiger partial charge >= 0.3 is 0 Å². The van der Waals surface area contributed by atoms with E-state index in [4.69, 9.17) is 4.42 Å². The predicted molar refractivity (Wildman–Crippen MR) is 126 cm³/mol. The number of nitrogens with zero attached hydrogens (tertiary/aromatic N) is 1. The first-order valence-corrected chi connectivity index (χ1v) is 11.4. The van der Waals surface area contributed by atoms with Crippen LogP contribution in [0.15, 0.2) is 82.4 Å². The maximum atomic E-state index is 12.9. The number of fused-ring (bicyclic) bond motifs is 1. The first-order chi connectivity index (χ1) is 15.7. The highest BCUT2D eigenvalue weighted by molar-refractivity contribution is 7.98. The Labute approximate surface area is 189 Å². The average Bonchev–Trinajstić information content (AvgIpc) is 3.58. The molecule has 0 saturated heterocycles. The highest BCUT2D eigenvalue weighted by Gasteiger charge is 2.29. The number of thioether (sulfide) groups is 1. The van der Waals surface area contributed by atoms with Crippen LogP contribution < -0.4 is 10.6 Å². The molecule has 1 aliphatic carbocycles. The summed E-state index contributed by atoms with van der Waals surface area (Å²) in [5.74, 6) is 0.585. The van der Waals surface area contributed by atoms with Gasteiger partial charge in [0.2, 0.25) is 5.91 Å². The Morgan fingerprint density at radius 3 is 2.34 bits per heavy atom. The van der Waals surface area contributed by atoms with Crippen LogP contribution in [0.4, 0.5) is 11.4 Å². The summed E-state index contributed by atoms with van der Waals surface area (Å²) in [6.45, 7) is 0. The molecule has 0 atom stereocenters. The zero-order chi connectivity index (χ0) is 21.9. The molecule has 0 aliphatic heterocycles. The third kappa shape index (κ3) is 4.68. The Kier molecular flexibility index (Phi) is 5.64. The zero-order valence-corrected chi connectivity index (χ0v) is 18.0. The fourth-order valence-corrected chi connectivity index (χ4v) is 4.19. The number of benzene rings is 3. The van der Waals surface area contributed by atoms with Crippen LogP contribution in [-0.4, -0.2) is 16.8 Å². The van der Waals surface area contributed by atoms with E-state index in [9.17, 15) is 9.59 Å². The van der Waals surface area contributed by atoms with Gasteiger partial charge in [0, 0.05) is 28.6 Å². The lowest BCUT2D eigenvalue weighted by Gasteiger charge is -2.10. The highest BCUT2D eigenvalue weighted by atomic mass is 32.2. The number of nitrogens with one attached hydrogen (secondary N) is 2. The number of anilines is 2. The van der Waals surface area contributed by atoms with E-state index in [0.717, 1.165) is 35.2 Å². The first-order valence-electron chi connectivity index (χ1n) is 10.4. The number of carbonyl (C=O) groups excluding carboxylic acids is 2. The molecule has 1 heterocycles. The molecular formula is C25H21N3O3S. The Balaban J connectivity index is 1.24. The second kappa shape index (κ2) is 8.88. The lowest BCUT2D eigenvalue weighted by atomic mass is 10.1. The monoisotopic (exact) mass is 443 g/mol. The fraction of sp³-hybridized carbons (Fsp3) is 0.160. The molecule has 160 valence electrons. The number of amides is 2. The summed E-state index contributed by atoms with van der Waals surface area (Å²) >= 11 is 1.45. The molecule has 1 aliphatic rings. The Morgan fingerprint density at radius 1 is 0.906 bits per heavy atom. The lowest BCUT2D eigenvalue weighted by molar-refractivity contribution is -0.117. The summed E-state index contributed by atoms with van der Waals surface area (Å²) in [7, 11) is 0. The molecule has 5 rings (SSSR count). The molecule has 3 aromatic carbocycles. The topological polar surface area (TPSA) is 84.2 Å². The van der Waals surface area contributed by atoms with E-state index in [1.165, 1.54) is 11.8 Å². The van der Waals surface area contributed by atoms with Gasteiger partial charge in [0.1, 0.15) is 5.52 Å². The van der Waals surface area contributed by atoms with Crippen molar-refractivity contribution in [3.63, 3.8) is 0 Å². The molecule has 0 unspecified atom stereocenters. The van der Waals surface area contributed by atoms with Crippen LogP contribution in [0.5, 0.6) is 0 Å². The van der Waals surface area contributed by atoms with E-state index < -0.39 is 0 Å². The van der Waals surface area contributed by atoms with Crippen molar-refractivity contribution in [2.45, 2.75) is 23.8 Å². The van der Waals surface area contributed by atoms with E-state index in [1.54, 1.807) is 24.3 Å². The van der Waals surface area contributed by atoms with Crippen molar-refractivity contribution in [1.29, 1.82) is 0 Å². The molecule has 6 nitrogen and oxygen atoms in total. The second-order valence-electron chi connectivity index (χ2n) is 7.69. The minimum absolute atomic E-state index is 0.0622. The quantitative estimate of drug-likeness (QED) is 0.357. The van der Waals surface area contributed by atoms with Gasteiger partial charge in [-0.25, -0.2) is 4.98 Å². The van der Waals surface area contributed by atoms with Crippen molar-refractivity contribution >= 4 is 46.1 Å². The van der Waals surface area contributed by atoms with Crippen LogP contribution in [0.2, 0.25) is 0 Å². The van der Waals surface area contributed by atoms with Gasteiger partial charge in [0.05, 0.1) is 0 Å². The van der Waals surface area contributed by atoms with Gasteiger partial charge in [-0.3, -0.25) is 9.59 Å². The molecule has 1 aromatic heterocycles. The number of rotatable bonds is 7. The van der Waals surface area contributed by atoms with Gasteiger partial charge in [-0.15, -0.1) is 0 Å². The predicted octanol–water partition coefficient (Wildman–Crippen LogP) is 5.72. The molecule has 0 spiro atoms. The van der Waals surface area contributed by atoms with Gasteiger partial charge < -0.3 is 15.1 Å². The molecule has 1 fully saturated rings. The van der Waals surface area contributed by atoms with Gasteiger partial charge in [-0.1, -0.05) is 42.1 Å². The Hall–Kier alpha value is -3.58. The maximum absolute atomic E-state index is 12.9. The third-order valence-corrected chi connectivity index (χ3v) is 6.12. The van der Waals surface area contributed by atoms with Gasteiger partial charge in [-0.05, 0) is 60.9 Å². The van der Waals surface area contributed by atoms with Crippen LogP contribution in [0.3, 0.4) is 0 Å². The van der Waals surface area contributed by atoms with Crippen LogP contribution in [0.25, 0.3) is 11.1 Å². The largest absolute Gasteiger partial charge is 0.431 e. The first kappa shape index (κ1) is 20.3. The van der Waals surface area contributed by atoms with Crippen molar-refractivity contribution in [1.82, 2.24) is 4.98 Å². The number of hydrogen-bond donors (Lipinski definition) is 2. The van der Waals surface area contributed by atoms with Crippen LogP contribution in [-0.2, 0) is 10.5 Å². The Bertz CT molecular complexity index is 1250. The molecule has 0 bridgehead atoms. The summed E-state index contributed by atoms with van der Waals surface area (Å²) < 4.78 is 5.76. The van der Waals surface area contributed by atoms with Crippen LogP contribution in [0.1, 0.15) is 28.8 Å². The lowest BCUT2D eigenvalue weighted by Crippen LogP contribution is -2.15. The molecule has 1 saturated carbocycles. The van der Waals surface area contributed by atoms with E-state index in [-0.39, 0.29) is 17.7 Å². The van der Waals surface area contributed by atoms with Gasteiger partial charge in [0.15, 0.2) is 5.58 Å². The SMILES string of the molecule is O=C(Nc1ccc(NC(=O)C2CC2)cc1)c1ccccc1CSc1nc2ccccc2o1. The number of aromatic nitrogens is 1. The zero-order valence-electron chi connectivity index (χ0n) is 17.2. The van der Waals surface area contributed by atoms with Gasteiger partial charge in [0.25, 0.3) is 11.1 Å². The summed E-state index contributed by atoms with van der Waals surface area (Å²) in [5, 5.41) is 6.41. The minimum atomic E-state index is -0.187. The third-order valence-electron chi connectivity index (χ3n) is 5.25. The molecule has 2 amide bonds. The summed E-state index contributed by atoms with van der Waals surface area (Å²) in [6, 6.07) is 22.3.